The third-order valence-corrected chi connectivity index (χ3v) is 4.09. The van der Waals surface area contributed by atoms with Crippen LogP contribution in [-0.2, 0) is 16.0 Å². The van der Waals surface area contributed by atoms with Gasteiger partial charge in [0.05, 0.1) is 23.0 Å². The van der Waals surface area contributed by atoms with Gasteiger partial charge in [0, 0.05) is 5.56 Å². The largest absolute Gasteiger partial charge is 0.469 e. The Morgan fingerprint density at radius 3 is 2.76 bits per heavy atom. The van der Waals surface area contributed by atoms with Crippen LogP contribution in [0.25, 0.3) is 10.6 Å². The minimum Gasteiger partial charge on any atom is -0.469 e. The fourth-order valence-corrected chi connectivity index (χ4v) is 2.86. The predicted octanol–water partition coefficient (Wildman–Crippen LogP) is 3.29. The molecular formula is C12H10BrNO2S. The molecule has 2 aromatic rings. The van der Waals surface area contributed by atoms with Gasteiger partial charge in [-0.25, -0.2) is 4.98 Å². The Morgan fingerprint density at radius 1 is 1.41 bits per heavy atom. The van der Waals surface area contributed by atoms with Crippen molar-refractivity contribution in [2.75, 3.05) is 7.11 Å². The van der Waals surface area contributed by atoms with Gasteiger partial charge < -0.3 is 4.74 Å². The lowest BCUT2D eigenvalue weighted by Crippen LogP contribution is -2.05. The molecule has 0 fully saturated rings. The predicted molar refractivity (Wildman–Crippen MR) is 71.0 cm³/mol. The van der Waals surface area contributed by atoms with Gasteiger partial charge in [-0.05, 0) is 15.9 Å². The molecule has 0 aliphatic carbocycles. The number of benzene rings is 1. The Bertz CT molecular complexity index is 525. The van der Waals surface area contributed by atoms with E-state index in [4.69, 9.17) is 0 Å². The highest BCUT2D eigenvalue weighted by atomic mass is 79.9. The summed E-state index contributed by atoms with van der Waals surface area (Å²) in [7, 11) is 1.38. The van der Waals surface area contributed by atoms with Crippen molar-refractivity contribution in [3.05, 3.63) is 39.8 Å². The highest BCUT2D eigenvalue weighted by Gasteiger charge is 2.13. The highest BCUT2D eigenvalue weighted by molar-refractivity contribution is 9.11. The van der Waals surface area contributed by atoms with Gasteiger partial charge in [0.15, 0.2) is 0 Å². The van der Waals surface area contributed by atoms with Crippen LogP contribution in [0.5, 0.6) is 0 Å². The average molecular weight is 312 g/mol. The minimum absolute atomic E-state index is 0.195. The number of hydrogen-bond acceptors (Lipinski definition) is 4. The SMILES string of the molecule is COC(=O)Cc1nc(-c2ccccc2)sc1Br. The number of thiazole rings is 1. The summed E-state index contributed by atoms with van der Waals surface area (Å²) >= 11 is 4.94. The zero-order valence-corrected chi connectivity index (χ0v) is 11.5. The number of carbonyl (C=O) groups is 1. The third kappa shape index (κ3) is 2.92. The van der Waals surface area contributed by atoms with Gasteiger partial charge in [0.25, 0.3) is 0 Å². The monoisotopic (exact) mass is 311 g/mol. The van der Waals surface area contributed by atoms with Crippen molar-refractivity contribution in [2.24, 2.45) is 0 Å². The van der Waals surface area contributed by atoms with Crippen molar-refractivity contribution in [3.8, 4) is 10.6 Å². The Labute approximate surface area is 112 Å². The first-order valence-electron chi connectivity index (χ1n) is 4.98. The number of carbonyl (C=O) groups excluding carboxylic acids is 1. The molecule has 2 rings (SSSR count). The van der Waals surface area contributed by atoms with Gasteiger partial charge in [0.2, 0.25) is 0 Å². The zero-order valence-electron chi connectivity index (χ0n) is 9.14. The van der Waals surface area contributed by atoms with Gasteiger partial charge in [-0.3, -0.25) is 4.79 Å². The number of nitrogens with zero attached hydrogens (tertiary/aromatic N) is 1. The lowest BCUT2D eigenvalue weighted by atomic mass is 10.2. The maximum absolute atomic E-state index is 11.2. The first kappa shape index (κ1) is 12.3. The van der Waals surface area contributed by atoms with E-state index in [0.717, 1.165) is 20.1 Å². The Kier molecular flexibility index (Phi) is 3.91. The van der Waals surface area contributed by atoms with Crippen LogP contribution in [0, 0.1) is 0 Å². The fraction of sp³-hybridized carbons (Fsp3) is 0.167. The number of halogens is 1. The van der Waals surface area contributed by atoms with Crippen molar-refractivity contribution >= 4 is 33.2 Å². The summed E-state index contributed by atoms with van der Waals surface area (Å²) in [5.41, 5.74) is 1.77. The van der Waals surface area contributed by atoms with Crippen LogP contribution in [0.1, 0.15) is 5.69 Å². The molecule has 5 heteroatoms. The van der Waals surface area contributed by atoms with Crippen molar-refractivity contribution < 1.29 is 9.53 Å². The average Bonchev–Trinajstić information content (AvgIpc) is 2.72. The number of esters is 1. The number of hydrogen-bond donors (Lipinski definition) is 0. The molecule has 0 saturated carbocycles. The van der Waals surface area contributed by atoms with Gasteiger partial charge >= 0.3 is 5.97 Å². The lowest BCUT2D eigenvalue weighted by molar-refractivity contribution is -0.139. The summed E-state index contributed by atoms with van der Waals surface area (Å²) in [6.07, 6.45) is 0.195. The molecule has 1 aromatic carbocycles. The van der Waals surface area contributed by atoms with Crippen LogP contribution in [0.2, 0.25) is 0 Å². The van der Waals surface area contributed by atoms with E-state index in [1.165, 1.54) is 18.4 Å². The van der Waals surface area contributed by atoms with Crippen LogP contribution >= 0.6 is 27.3 Å². The summed E-state index contributed by atoms with van der Waals surface area (Å²) in [5.74, 6) is -0.282. The molecule has 0 unspecified atom stereocenters. The molecule has 0 radical (unpaired) electrons. The van der Waals surface area contributed by atoms with Gasteiger partial charge in [-0.2, -0.15) is 0 Å². The quantitative estimate of drug-likeness (QED) is 0.817. The van der Waals surface area contributed by atoms with Crippen molar-refractivity contribution in [3.63, 3.8) is 0 Å². The molecule has 0 aliphatic heterocycles. The molecule has 0 spiro atoms. The van der Waals surface area contributed by atoms with Crippen LogP contribution in [0.15, 0.2) is 34.1 Å². The van der Waals surface area contributed by atoms with Gasteiger partial charge in [-0.15, -0.1) is 11.3 Å². The zero-order chi connectivity index (χ0) is 12.3. The molecule has 1 aromatic heterocycles. The molecule has 0 bridgehead atoms. The maximum atomic E-state index is 11.2. The van der Waals surface area contributed by atoms with Crippen LogP contribution in [-0.4, -0.2) is 18.1 Å². The fourth-order valence-electron chi connectivity index (χ4n) is 1.36. The molecular weight excluding hydrogens is 302 g/mol. The number of aromatic nitrogens is 1. The third-order valence-electron chi connectivity index (χ3n) is 2.21. The summed E-state index contributed by atoms with van der Waals surface area (Å²) in [6, 6.07) is 9.87. The summed E-state index contributed by atoms with van der Waals surface area (Å²) in [5, 5.41) is 0.899. The molecule has 1 heterocycles. The molecule has 0 aliphatic rings. The molecule has 0 atom stereocenters. The van der Waals surface area contributed by atoms with Crippen LogP contribution in [0.3, 0.4) is 0 Å². The van der Waals surface area contributed by atoms with E-state index in [9.17, 15) is 4.79 Å². The molecule has 3 nitrogen and oxygen atoms in total. The smallest absolute Gasteiger partial charge is 0.311 e. The van der Waals surface area contributed by atoms with E-state index in [1.807, 2.05) is 30.3 Å². The Hall–Kier alpha value is -1.20. The van der Waals surface area contributed by atoms with E-state index < -0.39 is 0 Å². The van der Waals surface area contributed by atoms with E-state index >= 15 is 0 Å². The lowest BCUT2D eigenvalue weighted by Gasteiger charge is -1.96. The van der Waals surface area contributed by atoms with E-state index in [2.05, 4.69) is 25.7 Å². The molecule has 88 valence electrons. The van der Waals surface area contributed by atoms with E-state index in [-0.39, 0.29) is 12.4 Å². The molecule has 0 saturated heterocycles. The topological polar surface area (TPSA) is 39.2 Å². The second kappa shape index (κ2) is 5.42. The summed E-state index contributed by atoms with van der Waals surface area (Å²) in [6.45, 7) is 0. The second-order valence-corrected chi connectivity index (χ2v) is 5.68. The normalized spacial score (nSPS) is 10.2. The summed E-state index contributed by atoms with van der Waals surface area (Å²) in [4.78, 5) is 15.6. The van der Waals surface area contributed by atoms with E-state index in [0.29, 0.717) is 0 Å². The van der Waals surface area contributed by atoms with Crippen molar-refractivity contribution in [1.82, 2.24) is 4.98 Å². The standard InChI is InChI=1S/C12H10BrNO2S/c1-16-10(15)7-9-11(13)17-12(14-9)8-5-3-2-4-6-8/h2-6H,7H2,1H3. The van der Waals surface area contributed by atoms with Gasteiger partial charge in [0.1, 0.15) is 5.01 Å². The number of ether oxygens (including phenoxy) is 1. The molecule has 17 heavy (non-hydrogen) atoms. The minimum atomic E-state index is -0.282. The van der Waals surface area contributed by atoms with Gasteiger partial charge in [-0.1, -0.05) is 30.3 Å². The van der Waals surface area contributed by atoms with Crippen LogP contribution in [0.4, 0.5) is 0 Å². The highest BCUT2D eigenvalue weighted by Crippen LogP contribution is 2.32. The van der Waals surface area contributed by atoms with E-state index in [1.54, 1.807) is 0 Å². The first-order valence-corrected chi connectivity index (χ1v) is 6.59. The Morgan fingerprint density at radius 2 is 2.12 bits per heavy atom. The number of methoxy groups -OCH3 is 1. The molecule has 0 N–H and O–H groups in total. The Balaban J connectivity index is 2.28. The second-order valence-electron chi connectivity index (χ2n) is 3.36. The first-order chi connectivity index (χ1) is 8.20. The maximum Gasteiger partial charge on any atom is 0.311 e. The van der Waals surface area contributed by atoms with Crippen molar-refractivity contribution in [2.45, 2.75) is 6.42 Å². The van der Waals surface area contributed by atoms with Crippen LogP contribution < -0.4 is 0 Å². The number of rotatable bonds is 3. The molecule has 0 amide bonds. The van der Waals surface area contributed by atoms with Crippen molar-refractivity contribution in [1.29, 1.82) is 0 Å². The summed E-state index contributed by atoms with van der Waals surface area (Å²) < 4.78 is 5.51.